The molecule has 1 saturated heterocycles. The van der Waals surface area contributed by atoms with Gasteiger partial charge in [0.1, 0.15) is 0 Å². The van der Waals surface area contributed by atoms with E-state index in [0.717, 1.165) is 24.0 Å². The third kappa shape index (κ3) is 3.96. The van der Waals surface area contributed by atoms with E-state index in [2.05, 4.69) is 58.2 Å². The molecule has 2 rings (SSSR count). The SMILES string of the molecule is CC(C)NCc1ccc(Br)cc1N1CCCCC1CO. The minimum Gasteiger partial charge on any atom is -0.394 e. The molecule has 0 bridgehead atoms. The van der Waals surface area contributed by atoms with Gasteiger partial charge in [0.05, 0.1) is 12.6 Å². The Labute approximate surface area is 130 Å². The molecule has 20 heavy (non-hydrogen) atoms. The lowest BCUT2D eigenvalue weighted by Crippen LogP contribution is -2.42. The average molecular weight is 341 g/mol. The second-order valence-corrected chi connectivity index (χ2v) is 6.75. The fourth-order valence-electron chi connectivity index (χ4n) is 2.78. The molecule has 1 heterocycles. The van der Waals surface area contributed by atoms with Gasteiger partial charge in [-0.25, -0.2) is 0 Å². The second kappa shape index (κ2) is 7.43. The van der Waals surface area contributed by atoms with Gasteiger partial charge >= 0.3 is 0 Å². The highest BCUT2D eigenvalue weighted by Gasteiger charge is 2.23. The molecule has 0 aliphatic carbocycles. The first-order chi connectivity index (χ1) is 9.61. The molecule has 1 aromatic rings. The van der Waals surface area contributed by atoms with E-state index in [1.807, 2.05) is 0 Å². The zero-order valence-corrected chi connectivity index (χ0v) is 14.0. The Balaban J connectivity index is 2.25. The van der Waals surface area contributed by atoms with Crippen molar-refractivity contribution in [2.75, 3.05) is 18.1 Å². The van der Waals surface area contributed by atoms with Gasteiger partial charge in [-0.3, -0.25) is 0 Å². The van der Waals surface area contributed by atoms with Gasteiger partial charge < -0.3 is 15.3 Å². The lowest BCUT2D eigenvalue weighted by atomic mass is 10.00. The van der Waals surface area contributed by atoms with Crippen molar-refractivity contribution in [3.05, 3.63) is 28.2 Å². The monoisotopic (exact) mass is 340 g/mol. The first-order valence-corrected chi connectivity index (χ1v) is 8.30. The van der Waals surface area contributed by atoms with Crippen molar-refractivity contribution < 1.29 is 5.11 Å². The van der Waals surface area contributed by atoms with Crippen molar-refractivity contribution in [2.24, 2.45) is 0 Å². The molecule has 1 atom stereocenters. The van der Waals surface area contributed by atoms with E-state index in [4.69, 9.17) is 0 Å². The fraction of sp³-hybridized carbons (Fsp3) is 0.625. The largest absolute Gasteiger partial charge is 0.394 e. The zero-order chi connectivity index (χ0) is 14.5. The minimum atomic E-state index is 0.240. The van der Waals surface area contributed by atoms with Crippen molar-refractivity contribution in [3.63, 3.8) is 0 Å². The Bertz CT molecular complexity index is 436. The molecule has 0 radical (unpaired) electrons. The third-order valence-electron chi connectivity index (χ3n) is 3.90. The maximum Gasteiger partial charge on any atom is 0.0635 e. The van der Waals surface area contributed by atoms with Gasteiger partial charge in [0, 0.05) is 29.3 Å². The molecule has 1 fully saturated rings. The first kappa shape index (κ1) is 15.8. The average Bonchev–Trinajstić information content (AvgIpc) is 2.45. The van der Waals surface area contributed by atoms with Gasteiger partial charge in [0.25, 0.3) is 0 Å². The van der Waals surface area contributed by atoms with Gasteiger partial charge in [0.15, 0.2) is 0 Å². The van der Waals surface area contributed by atoms with Crippen molar-refractivity contribution in [2.45, 2.75) is 51.7 Å². The maximum atomic E-state index is 9.63. The number of halogens is 1. The number of anilines is 1. The smallest absolute Gasteiger partial charge is 0.0635 e. The number of hydrogen-bond donors (Lipinski definition) is 2. The van der Waals surface area contributed by atoms with E-state index in [1.54, 1.807) is 0 Å². The van der Waals surface area contributed by atoms with Crippen LogP contribution in [0, 0.1) is 0 Å². The van der Waals surface area contributed by atoms with Crippen LogP contribution in [0.25, 0.3) is 0 Å². The van der Waals surface area contributed by atoms with Crippen LogP contribution in [0.1, 0.15) is 38.7 Å². The molecule has 0 saturated carbocycles. The van der Waals surface area contributed by atoms with Crippen molar-refractivity contribution >= 4 is 21.6 Å². The number of nitrogens with zero attached hydrogens (tertiary/aromatic N) is 1. The number of piperidine rings is 1. The molecule has 1 aromatic carbocycles. The number of nitrogens with one attached hydrogen (secondary N) is 1. The summed E-state index contributed by atoms with van der Waals surface area (Å²) in [6.07, 6.45) is 3.51. The standard InChI is InChI=1S/C16H25BrN2O/c1-12(2)18-10-13-6-7-14(17)9-16(13)19-8-4-3-5-15(19)11-20/h6-7,9,12,15,18,20H,3-5,8,10-11H2,1-2H3. The number of benzene rings is 1. The highest BCUT2D eigenvalue weighted by molar-refractivity contribution is 9.10. The molecule has 1 aliphatic rings. The summed E-state index contributed by atoms with van der Waals surface area (Å²) >= 11 is 3.58. The van der Waals surface area contributed by atoms with E-state index >= 15 is 0 Å². The van der Waals surface area contributed by atoms with E-state index in [0.29, 0.717) is 6.04 Å². The molecule has 0 amide bonds. The van der Waals surface area contributed by atoms with E-state index in [9.17, 15) is 5.11 Å². The Morgan fingerprint density at radius 3 is 2.90 bits per heavy atom. The summed E-state index contributed by atoms with van der Waals surface area (Å²) in [6.45, 7) is 6.47. The highest BCUT2D eigenvalue weighted by atomic mass is 79.9. The highest BCUT2D eigenvalue weighted by Crippen LogP contribution is 2.30. The minimum absolute atomic E-state index is 0.240. The van der Waals surface area contributed by atoms with Crippen LogP contribution in [0.5, 0.6) is 0 Å². The van der Waals surface area contributed by atoms with Gasteiger partial charge in [-0.05, 0) is 37.0 Å². The predicted molar refractivity (Wildman–Crippen MR) is 88.2 cm³/mol. The molecule has 3 nitrogen and oxygen atoms in total. The molecule has 0 aromatic heterocycles. The van der Waals surface area contributed by atoms with E-state index in [-0.39, 0.29) is 12.6 Å². The number of aliphatic hydroxyl groups excluding tert-OH is 1. The Kier molecular flexibility index (Phi) is 5.87. The topological polar surface area (TPSA) is 35.5 Å². The quantitative estimate of drug-likeness (QED) is 0.863. The summed E-state index contributed by atoms with van der Waals surface area (Å²) in [5.74, 6) is 0. The Morgan fingerprint density at radius 2 is 2.20 bits per heavy atom. The molecule has 0 spiro atoms. The van der Waals surface area contributed by atoms with Gasteiger partial charge in [-0.15, -0.1) is 0 Å². The van der Waals surface area contributed by atoms with Crippen LogP contribution < -0.4 is 10.2 Å². The summed E-state index contributed by atoms with van der Waals surface area (Å²) in [5.41, 5.74) is 2.56. The van der Waals surface area contributed by atoms with Crippen LogP contribution in [0.4, 0.5) is 5.69 Å². The Hall–Kier alpha value is -0.580. The number of hydrogen-bond acceptors (Lipinski definition) is 3. The van der Waals surface area contributed by atoms with Crippen LogP contribution in [0.2, 0.25) is 0 Å². The van der Waals surface area contributed by atoms with Crippen LogP contribution >= 0.6 is 15.9 Å². The summed E-state index contributed by atoms with van der Waals surface area (Å²) in [7, 11) is 0. The van der Waals surface area contributed by atoms with Crippen LogP contribution in [0.15, 0.2) is 22.7 Å². The van der Waals surface area contributed by atoms with Crippen molar-refractivity contribution in [1.29, 1.82) is 0 Å². The first-order valence-electron chi connectivity index (χ1n) is 7.51. The maximum absolute atomic E-state index is 9.63. The van der Waals surface area contributed by atoms with Crippen LogP contribution in [0.3, 0.4) is 0 Å². The molecule has 1 unspecified atom stereocenters. The van der Waals surface area contributed by atoms with E-state index < -0.39 is 0 Å². The van der Waals surface area contributed by atoms with Crippen molar-refractivity contribution in [3.8, 4) is 0 Å². The number of aliphatic hydroxyl groups is 1. The van der Waals surface area contributed by atoms with E-state index in [1.165, 1.54) is 24.1 Å². The lowest BCUT2D eigenvalue weighted by molar-refractivity contribution is 0.240. The summed E-state index contributed by atoms with van der Waals surface area (Å²) in [4.78, 5) is 2.38. The molecule has 4 heteroatoms. The fourth-order valence-corrected chi connectivity index (χ4v) is 3.12. The lowest BCUT2D eigenvalue weighted by Gasteiger charge is -2.38. The van der Waals surface area contributed by atoms with Gasteiger partial charge in [0.2, 0.25) is 0 Å². The summed E-state index contributed by atoms with van der Waals surface area (Å²) in [5, 5.41) is 13.1. The summed E-state index contributed by atoms with van der Waals surface area (Å²) < 4.78 is 1.10. The summed E-state index contributed by atoms with van der Waals surface area (Å²) in [6, 6.07) is 7.19. The van der Waals surface area contributed by atoms with Crippen LogP contribution in [-0.2, 0) is 6.54 Å². The van der Waals surface area contributed by atoms with Gasteiger partial charge in [-0.1, -0.05) is 35.8 Å². The van der Waals surface area contributed by atoms with Gasteiger partial charge in [-0.2, -0.15) is 0 Å². The van der Waals surface area contributed by atoms with Crippen LogP contribution in [-0.4, -0.2) is 30.3 Å². The molecule has 1 aliphatic heterocycles. The van der Waals surface area contributed by atoms with Crippen molar-refractivity contribution in [1.82, 2.24) is 5.32 Å². The molecule has 2 N–H and O–H groups in total. The third-order valence-corrected chi connectivity index (χ3v) is 4.39. The molecular formula is C16H25BrN2O. The number of rotatable bonds is 5. The Morgan fingerprint density at radius 1 is 1.40 bits per heavy atom. The second-order valence-electron chi connectivity index (χ2n) is 5.83. The predicted octanol–water partition coefficient (Wildman–Crippen LogP) is 3.30. The molecule has 112 valence electrons. The normalized spacial score (nSPS) is 19.6. The molecular weight excluding hydrogens is 316 g/mol. The zero-order valence-electron chi connectivity index (χ0n) is 12.4.